The number of nitrogens with zero attached hydrogens (tertiary/aromatic N) is 1. The molecule has 0 aromatic heterocycles. The molecule has 0 unspecified atom stereocenters. The largest absolute Gasteiger partial charge is 0.399 e. The van der Waals surface area contributed by atoms with Gasteiger partial charge in [0.15, 0.2) is 0 Å². The molecule has 0 spiro atoms. The van der Waals surface area contributed by atoms with Crippen molar-refractivity contribution in [3.8, 4) is 0 Å². The molecule has 106 valence electrons. The number of halogens is 2. The molecule has 5 N–H and O–H groups in total. The first kappa shape index (κ1) is 19.9. The van der Waals surface area contributed by atoms with Crippen LogP contribution in [0.1, 0.15) is 24.0 Å². The maximum absolute atomic E-state index is 5.80. The fourth-order valence-electron chi connectivity index (χ4n) is 2.19. The van der Waals surface area contributed by atoms with Crippen LogP contribution in [0.2, 0.25) is 0 Å². The molecule has 18 heavy (non-hydrogen) atoms. The van der Waals surface area contributed by atoms with Crippen molar-refractivity contribution in [1.82, 2.24) is 11.1 Å². The monoisotopic (exact) mass is 293 g/mol. The second-order valence-electron chi connectivity index (χ2n) is 4.49. The quantitative estimate of drug-likeness (QED) is 0.841. The topological polar surface area (TPSA) is 64.3 Å². The molecule has 0 bridgehead atoms. The molecule has 2 rings (SSSR count). The zero-order valence-electron chi connectivity index (χ0n) is 11.0. The van der Waals surface area contributed by atoms with Crippen molar-refractivity contribution < 1.29 is 0 Å². The highest BCUT2D eigenvalue weighted by molar-refractivity contribution is 5.85. The number of benzene rings is 1. The predicted molar refractivity (Wildman–Crippen MR) is 84.5 cm³/mol. The molecule has 5 heteroatoms. The third-order valence-electron chi connectivity index (χ3n) is 3.25. The summed E-state index contributed by atoms with van der Waals surface area (Å²) in [6, 6.07) is 6.39. The molecule has 0 aliphatic carbocycles. The Kier molecular flexibility index (Phi) is 10.4. The van der Waals surface area contributed by atoms with E-state index < -0.39 is 0 Å². The molecule has 1 saturated heterocycles. The molecule has 0 radical (unpaired) electrons. The van der Waals surface area contributed by atoms with Gasteiger partial charge in [0.05, 0.1) is 0 Å². The lowest BCUT2D eigenvalue weighted by atomic mass is 10.1. The van der Waals surface area contributed by atoms with Gasteiger partial charge in [0.1, 0.15) is 0 Å². The van der Waals surface area contributed by atoms with E-state index in [9.17, 15) is 0 Å². The predicted octanol–water partition coefficient (Wildman–Crippen LogP) is 3.22. The van der Waals surface area contributed by atoms with Gasteiger partial charge in [0.2, 0.25) is 0 Å². The third-order valence-corrected chi connectivity index (χ3v) is 3.25. The molecule has 1 aliphatic rings. The number of nitrogens with two attached hydrogens (primary N) is 1. The fraction of sp³-hybridized carbons (Fsp3) is 0.538. The number of likely N-dealkylation sites (tertiary alicyclic amines) is 1. The lowest BCUT2D eigenvalue weighted by molar-refractivity contribution is 0.343. The van der Waals surface area contributed by atoms with Gasteiger partial charge in [-0.1, -0.05) is 12.1 Å². The first-order valence-electron chi connectivity index (χ1n) is 5.83. The summed E-state index contributed by atoms with van der Waals surface area (Å²) < 4.78 is 0. The first-order valence-corrected chi connectivity index (χ1v) is 5.83. The zero-order valence-corrected chi connectivity index (χ0v) is 12.7. The van der Waals surface area contributed by atoms with Gasteiger partial charge in [-0.25, -0.2) is 0 Å². The van der Waals surface area contributed by atoms with Crippen LogP contribution in [0, 0.1) is 6.92 Å². The minimum Gasteiger partial charge on any atom is -0.399 e. The van der Waals surface area contributed by atoms with Crippen molar-refractivity contribution in [2.24, 2.45) is 0 Å². The van der Waals surface area contributed by atoms with Gasteiger partial charge in [-0.2, -0.15) is 0 Å². The summed E-state index contributed by atoms with van der Waals surface area (Å²) in [5.74, 6) is 0. The van der Waals surface area contributed by atoms with Gasteiger partial charge in [0.25, 0.3) is 0 Å². The fourth-order valence-corrected chi connectivity index (χ4v) is 2.19. The number of hydrogen-bond donors (Lipinski definition) is 2. The molecule has 0 atom stereocenters. The van der Waals surface area contributed by atoms with Crippen LogP contribution >= 0.6 is 24.8 Å². The molecule has 1 aliphatic heterocycles. The Labute approximate surface area is 123 Å². The highest BCUT2D eigenvalue weighted by Gasteiger charge is 2.10. The first-order chi connectivity index (χ1) is 7.25. The summed E-state index contributed by atoms with van der Waals surface area (Å²) in [6.07, 6.45) is 3.91. The Morgan fingerprint density at radius 2 is 1.78 bits per heavy atom. The average molecular weight is 294 g/mol. The molecular weight excluding hydrogens is 269 g/mol. The van der Waals surface area contributed by atoms with Gasteiger partial charge >= 0.3 is 0 Å². The third kappa shape index (κ3) is 5.44. The number of aryl methyl sites for hydroxylation is 1. The van der Waals surface area contributed by atoms with Gasteiger partial charge in [0, 0.05) is 12.2 Å². The molecule has 1 fully saturated rings. The molecular formula is C13H25Cl2N3. The summed E-state index contributed by atoms with van der Waals surface area (Å²) >= 11 is 0. The van der Waals surface area contributed by atoms with Crippen LogP contribution in [0.25, 0.3) is 0 Å². The summed E-state index contributed by atoms with van der Waals surface area (Å²) in [4.78, 5) is 2.55. The second kappa shape index (κ2) is 9.45. The summed E-state index contributed by atoms with van der Waals surface area (Å²) in [6.45, 7) is 5.85. The van der Waals surface area contributed by atoms with E-state index in [0.29, 0.717) is 0 Å². The van der Waals surface area contributed by atoms with E-state index >= 15 is 0 Å². The van der Waals surface area contributed by atoms with Crippen molar-refractivity contribution in [3.05, 3.63) is 29.3 Å². The SMILES string of the molecule is Cc1cc(CCN2CCCC2)ccc1N.Cl.Cl.N. The Morgan fingerprint density at radius 1 is 1.17 bits per heavy atom. The summed E-state index contributed by atoms with van der Waals surface area (Å²) in [5.41, 5.74) is 9.31. The van der Waals surface area contributed by atoms with Gasteiger partial charge in [-0.15, -0.1) is 24.8 Å². The highest BCUT2D eigenvalue weighted by atomic mass is 35.5. The van der Waals surface area contributed by atoms with Crippen molar-refractivity contribution >= 4 is 30.5 Å². The number of rotatable bonds is 3. The Hall–Kier alpha value is -0.480. The van der Waals surface area contributed by atoms with Crippen molar-refractivity contribution in [2.45, 2.75) is 26.2 Å². The van der Waals surface area contributed by atoms with Gasteiger partial charge < -0.3 is 16.8 Å². The minimum atomic E-state index is 0. The smallest absolute Gasteiger partial charge is 0.0343 e. The minimum absolute atomic E-state index is 0. The van der Waals surface area contributed by atoms with Crippen LogP contribution in [0.15, 0.2) is 18.2 Å². The maximum Gasteiger partial charge on any atom is 0.0343 e. The van der Waals surface area contributed by atoms with E-state index in [0.717, 1.165) is 12.1 Å². The van der Waals surface area contributed by atoms with Gasteiger partial charge in [-0.05, 0) is 56.5 Å². The Morgan fingerprint density at radius 3 is 2.33 bits per heavy atom. The summed E-state index contributed by atoms with van der Waals surface area (Å²) in [5, 5.41) is 0. The maximum atomic E-state index is 5.80. The van der Waals surface area contributed by atoms with Crippen LogP contribution in [0.4, 0.5) is 5.69 Å². The molecule has 1 heterocycles. The Balaban J connectivity index is 0. The molecule has 3 nitrogen and oxygen atoms in total. The van der Waals surface area contributed by atoms with E-state index in [4.69, 9.17) is 5.73 Å². The van der Waals surface area contributed by atoms with Crippen molar-refractivity contribution in [2.75, 3.05) is 25.4 Å². The van der Waals surface area contributed by atoms with E-state index in [2.05, 4.69) is 24.0 Å². The zero-order chi connectivity index (χ0) is 10.7. The van der Waals surface area contributed by atoms with Crippen molar-refractivity contribution in [3.63, 3.8) is 0 Å². The van der Waals surface area contributed by atoms with Crippen molar-refractivity contribution in [1.29, 1.82) is 0 Å². The van der Waals surface area contributed by atoms with Gasteiger partial charge in [-0.3, -0.25) is 0 Å². The summed E-state index contributed by atoms with van der Waals surface area (Å²) in [7, 11) is 0. The standard InChI is InChI=1S/C13H20N2.2ClH.H3N/c1-11-10-12(4-5-13(11)14)6-9-15-7-2-3-8-15;;;/h4-5,10H,2-3,6-9,14H2,1H3;2*1H;1H3. The molecule has 1 aromatic rings. The number of anilines is 1. The van der Waals surface area contributed by atoms with Crippen LogP contribution < -0.4 is 11.9 Å². The van der Waals surface area contributed by atoms with E-state index in [1.807, 2.05) is 6.07 Å². The van der Waals surface area contributed by atoms with Crippen LogP contribution in [-0.2, 0) is 6.42 Å². The molecule has 0 amide bonds. The van der Waals surface area contributed by atoms with E-state index in [1.165, 1.54) is 43.6 Å². The second-order valence-corrected chi connectivity index (χ2v) is 4.49. The van der Waals surface area contributed by atoms with Crippen LogP contribution in [0.3, 0.4) is 0 Å². The molecule has 0 saturated carbocycles. The molecule has 1 aromatic carbocycles. The normalized spacial score (nSPS) is 14.3. The highest BCUT2D eigenvalue weighted by Crippen LogP contribution is 2.14. The number of hydrogen-bond acceptors (Lipinski definition) is 3. The van der Waals surface area contributed by atoms with Crippen LogP contribution in [-0.4, -0.2) is 24.5 Å². The number of nitrogen functional groups attached to an aromatic ring is 1. The average Bonchev–Trinajstić information content (AvgIpc) is 2.73. The van der Waals surface area contributed by atoms with E-state index in [1.54, 1.807) is 0 Å². The lowest BCUT2D eigenvalue weighted by Gasteiger charge is -2.14. The van der Waals surface area contributed by atoms with Crippen LogP contribution in [0.5, 0.6) is 0 Å². The lowest BCUT2D eigenvalue weighted by Crippen LogP contribution is -2.21. The Bertz CT molecular complexity index is 339. The van der Waals surface area contributed by atoms with E-state index in [-0.39, 0.29) is 31.0 Å².